The molecule has 2 aromatic heterocycles. The number of aromatic nitrogens is 2. The molecule has 1 amide bonds. The second-order valence-corrected chi connectivity index (χ2v) is 5.55. The summed E-state index contributed by atoms with van der Waals surface area (Å²) >= 11 is 0. The van der Waals surface area contributed by atoms with E-state index in [1.54, 1.807) is 18.2 Å². The molecular weight excluding hydrogens is 322 g/mol. The fourth-order valence-corrected chi connectivity index (χ4v) is 2.63. The molecule has 0 fully saturated rings. The van der Waals surface area contributed by atoms with Crippen LogP contribution in [0.3, 0.4) is 0 Å². The first kappa shape index (κ1) is 14.9. The van der Waals surface area contributed by atoms with Crippen LogP contribution >= 0.6 is 0 Å². The molecule has 0 aliphatic heterocycles. The van der Waals surface area contributed by atoms with Crippen molar-refractivity contribution in [1.29, 1.82) is 0 Å². The maximum atomic E-state index is 12.5. The number of rotatable bonds is 3. The van der Waals surface area contributed by atoms with E-state index >= 15 is 0 Å². The topological polar surface area (TPSA) is 97.4 Å². The number of anilines is 1. The smallest absolute Gasteiger partial charge is 0.297 e. The van der Waals surface area contributed by atoms with Crippen LogP contribution in [0.5, 0.6) is 5.75 Å². The van der Waals surface area contributed by atoms with Crippen molar-refractivity contribution in [3.63, 3.8) is 0 Å². The van der Waals surface area contributed by atoms with Crippen LogP contribution in [0.1, 0.15) is 0 Å². The zero-order valence-electron chi connectivity index (χ0n) is 13.0. The monoisotopic (exact) mass is 335 g/mol. The third-order valence-electron chi connectivity index (χ3n) is 3.82. The Balaban J connectivity index is 1.64. The maximum absolute atomic E-state index is 12.5. The lowest BCUT2D eigenvalue weighted by molar-refractivity contribution is -0.116. The predicted octanol–water partition coefficient (Wildman–Crippen LogP) is 2.49. The lowest BCUT2D eigenvalue weighted by atomic mass is 10.2. The molecule has 0 radical (unpaired) electrons. The van der Waals surface area contributed by atoms with Gasteiger partial charge in [-0.3, -0.25) is 14.2 Å². The Morgan fingerprint density at radius 3 is 2.72 bits per heavy atom. The maximum Gasteiger partial charge on any atom is 0.297 e. The summed E-state index contributed by atoms with van der Waals surface area (Å²) < 4.78 is 6.78. The number of amides is 1. The van der Waals surface area contributed by atoms with Crippen LogP contribution in [0.25, 0.3) is 22.1 Å². The van der Waals surface area contributed by atoms with Gasteiger partial charge in [-0.1, -0.05) is 12.1 Å². The van der Waals surface area contributed by atoms with Crippen molar-refractivity contribution in [2.75, 3.05) is 5.32 Å². The number of benzene rings is 2. The van der Waals surface area contributed by atoms with Crippen LogP contribution in [0.15, 0.2) is 64.1 Å². The van der Waals surface area contributed by atoms with Crippen molar-refractivity contribution < 1.29 is 14.3 Å². The number of nitrogens with zero attached hydrogens (tertiary/aromatic N) is 2. The van der Waals surface area contributed by atoms with Crippen molar-refractivity contribution in [3.8, 4) is 5.75 Å². The minimum Gasteiger partial charge on any atom is -0.508 e. The molecule has 7 nitrogen and oxygen atoms in total. The molecule has 0 saturated heterocycles. The molecule has 0 aliphatic carbocycles. The number of phenolic OH excluding ortho intramolecular Hbond substituents is 1. The molecule has 2 heterocycles. The summed E-state index contributed by atoms with van der Waals surface area (Å²) in [6.07, 6.45) is 1.34. The molecule has 7 heteroatoms. The van der Waals surface area contributed by atoms with E-state index in [9.17, 15) is 14.7 Å². The molecule has 25 heavy (non-hydrogen) atoms. The molecule has 4 rings (SSSR count). The molecule has 0 atom stereocenters. The van der Waals surface area contributed by atoms with Crippen molar-refractivity contribution in [2.45, 2.75) is 6.54 Å². The van der Waals surface area contributed by atoms with Gasteiger partial charge in [0.15, 0.2) is 0 Å². The van der Waals surface area contributed by atoms with Crippen molar-refractivity contribution in [1.82, 2.24) is 9.55 Å². The van der Waals surface area contributed by atoms with E-state index in [-0.39, 0.29) is 23.8 Å². The molecule has 2 aromatic carbocycles. The number of aromatic hydroxyl groups is 1. The first-order chi connectivity index (χ1) is 12.1. The van der Waals surface area contributed by atoms with Gasteiger partial charge < -0.3 is 14.8 Å². The van der Waals surface area contributed by atoms with Gasteiger partial charge in [0, 0.05) is 11.1 Å². The van der Waals surface area contributed by atoms with E-state index in [0.29, 0.717) is 16.8 Å². The number of hydrogen-bond acceptors (Lipinski definition) is 5. The number of phenols is 1. The molecular formula is C18H13N3O4. The van der Waals surface area contributed by atoms with Gasteiger partial charge >= 0.3 is 0 Å². The normalized spacial score (nSPS) is 11.0. The quantitative estimate of drug-likeness (QED) is 0.561. The van der Waals surface area contributed by atoms with Crippen molar-refractivity contribution >= 4 is 33.7 Å². The van der Waals surface area contributed by atoms with Gasteiger partial charge in [0.1, 0.15) is 23.4 Å². The van der Waals surface area contributed by atoms with Crippen LogP contribution in [-0.4, -0.2) is 20.6 Å². The third kappa shape index (κ3) is 2.72. The van der Waals surface area contributed by atoms with Gasteiger partial charge in [0.2, 0.25) is 11.5 Å². The number of furan rings is 1. The lowest BCUT2D eigenvalue weighted by Gasteiger charge is -2.07. The molecule has 0 aliphatic rings. The predicted molar refractivity (Wildman–Crippen MR) is 92.5 cm³/mol. The summed E-state index contributed by atoms with van der Waals surface area (Å²) in [5, 5.41) is 12.7. The van der Waals surface area contributed by atoms with Crippen LogP contribution in [0.4, 0.5) is 5.69 Å². The van der Waals surface area contributed by atoms with Crippen LogP contribution < -0.4 is 10.9 Å². The fraction of sp³-hybridized carbons (Fsp3) is 0.0556. The van der Waals surface area contributed by atoms with Crippen LogP contribution in [-0.2, 0) is 11.3 Å². The Morgan fingerprint density at radius 1 is 1.16 bits per heavy atom. The number of nitrogens with one attached hydrogen (secondary N) is 1. The zero-order valence-corrected chi connectivity index (χ0v) is 13.0. The van der Waals surface area contributed by atoms with Gasteiger partial charge in [-0.05, 0) is 36.4 Å². The lowest BCUT2D eigenvalue weighted by Crippen LogP contribution is -2.27. The molecule has 124 valence electrons. The van der Waals surface area contributed by atoms with Gasteiger partial charge in [0.05, 0.1) is 6.33 Å². The van der Waals surface area contributed by atoms with E-state index in [4.69, 9.17) is 4.42 Å². The minimum atomic E-state index is -0.415. The Labute approximate surface area is 141 Å². The highest BCUT2D eigenvalue weighted by Crippen LogP contribution is 2.24. The second kappa shape index (κ2) is 5.79. The largest absolute Gasteiger partial charge is 0.508 e. The van der Waals surface area contributed by atoms with Crippen molar-refractivity contribution in [3.05, 3.63) is 65.2 Å². The number of carbonyl (C=O) groups is 1. The van der Waals surface area contributed by atoms with Crippen molar-refractivity contribution in [2.24, 2.45) is 0 Å². The number of para-hydroxylation sites is 1. The third-order valence-corrected chi connectivity index (χ3v) is 3.82. The summed E-state index contributed by atoms with van der Waals surface area (Å²) in [7, 11) is 0. The standard InChI is InChI=1S/C18H13N3O4/c22-12-7-5-11(6-8-12)20-15(23)9-21-10-19-16-13-3-1-2-4-14(13)25-17(16)18(21)24/h1-8,10,22H,9H2,(H,20,23). The first-order valence-electron chi connectivity index (χ1n) is 7.57. The first-order valence-corrected chi connectivity index (χ1v) is 7.57. The van der Waals surface area contributed by atoms with E-state index in [2.05, 4.69) is 10.3 Å². The summed E-state index contributed by atoms with van der Waals surface area (Å²) in [5.41, 5.74) is 1.29. The highest BCUT2D eigenvalue weighted by molar-refractivity contribution is 6.01. The van der Waals surface area contributed by atoms with E-state index in [0.717, 1.165) is 5.39 Å². The van der Waals surface area contributed by atoms with Gasteiger partial charge in [-0.25, -0.2) is 4.98 Å². The zero-order chi connectivity index (χ0) is 17.4. The Morgan fingerprint density at radius 2 is 1.92 bits per heavy atom. The molecule has 0 unspecified atom stereocenters. The summed E-state index contributed by atoms with van der Waals surface area (Å²) in [6.45, 7) is -0.195. The van der Waals surface area contributed by atoms with Crippen LogP contribution in [0.2, 0.25) is 0 Å². The van der Waals surface area contributed by atoms with E-state index < -0.39 is 5.56 Å². The molecule has 2 N–H and O–H groups in total. The molecule has 0 spiro atoms. The van der Waals surface area contributed by atoms with Gasteiger partial charge in [-0.2, -0.15) is 0 Å². The molecule has 4 aromatic rings. The Hall–Kier alpha value is -3.61. The summed E-state index contributed by atoms with van der Waals surface area (Å²) in [5.74, 6) is -0.279. The molecule has 0 saturated carbocycles. The highest BCUT2D eigenvalue weighted by atomic mass is 16.3. The van der Waals surface area contributed by atoms with Gasteiger partial charge in [-0.15, -0.1) is 0 Å². The second-order valence-electron chi connectivity index (χ2n) is 5.55. The SMILES string of the molecule is O=C(Cn1cnc2c(oc3ccccc32)c1=O)Nc1ccc(O)cc1. The number of fused-ring (bicyclic) bond motifs is 3. The van der Waals surface area contributed by atoms with E-state index in [1.807, 2.05) is 18.2 Å². The molecule has 0 bridgehead atoms. The average Bonchev–Trinajstić information content (AvgIpc) is 2.99. The highest BCUT2D eigenvalue weighted by Gasteiger charge is 2.14. The summed E-state index contributed by atoms with van der Waals surface area (Å²) in [6, 6.07) is 13.3. The minimum absolute atomic E-state index is 0.105. The summed E-state index contributed by atoms with van der Waals surface area (Å²) in [4.78, 5) is 28.9. The Bertz CT molecular complexity index is 1140. The number of hydrogen-bond donors (Lipinski definition) is 2. The number of carbonyl (C=O) groups excluding carboxylic acids is 1. The Kier molecular flexibility index (Phi) is 3.46. The van der Waals surface area contributed by atoms with E-state index in [1.165, 1.54) is 23.0 Å². The van der Waals surface area contributed by atoms with Gasteiger partial charge in [0.25, 0.3) is 5.56 Å². The average molecular weight is 335 g/mol. The fourth-order valence-electron chi connectivity index (χ4n) is 2.63. The van der Waals surface area contributed by atoms with Crippen LogP contribution in [0, 0.1) is 0 Å².